The highest BCUT2D eigenvalue weighted by molar-refractivity contribution is 6.21. The largest absolute Gasteiger partial charge is 0.452 e. The molecule has 0 atom stereocenters. The van der Waals surface area contributed by atoms with Crippen molar-refractivity contribution in [2.45, 2.75) is 33.6 Å². The second-order valence-electron chi connectivity index (χ2n) is 16.1. The molecule has 0 unspecified atom stereocenters. The summed E-state index contributed by atoms with van der Waals surface area (Å²) in [5.74, 6) is 0.118. The molecule has 0 N–H and O–H groups in total. The third-order valence-corrected chi connectivity index (χ3v) is 12.0. The van der Waals surface area contributed by atoms with Crippen molar-refractivity contribution in [1.29, 1.82) is 0 Å². The molecular formula is C55H41NO2. The van der Waals surface area contributed by atoms with Crippen LogP contribution in [0.4, 0.5) is 17.1 Å². The second-order valence-corrected chi connectivity index (χ2v) is 16.1. The van der Waals surface area contributed by atoms with Gasteiger partial charge in [0.1, 0.15) is 11.2 Å². The highest BCUT2D eigenvalue weighted by Crippen LogP contribution is 2.43. The van der Waals surface area contributed by atoms with Gasteiger partial charge in [0.2, 0.25) is 0 Å². The number of hydrogen-bond acceptors (Lipinski definition) is 3. The number of rotatable bonds is 6. The van der Waals surface area contributed by atoms with Gasteiger partial charge in [-0.1, -0.05) is 119 Å². The van der Waals surface area contributed by atoms with Crippen molar-refractivity contribution in [3.63, 3.8) is 0 Å². The van der Waals surface area contributed by atoms with E-state index in [-0.39, 0.29) is 5.92 Å². The van der Waals surface area contributed by atoms with Crippen LogP contribution in [0, 0.1) is 27.7 Å². The number of nitrogens with zero attached hydrogens (tertiary/aromatic N) is 1. The molecule has 0 aliphatic carbocycles. The molecule has 11 aromatic rings. The van der Waals surface area contributed by atoms with Crippen LogP contribution in [0.25, 0.3) is 65.4 Å². The molecule has 0 aliphatic heterocycles. The Bertz CT molecular complexity index is 3030. The van der Waals surface area contributed by atoms with Gasteiger partial charge in [-0.3, -0.25) is 0 Å². The molecule has 0 spiro atoms. The van der Waals surface area contributed by atoms with Crippen molar-refractivity contribution in [3.8, 4) is 0 Å². The van der Waals surface area contributed by atoms with Gasteiger partial charge in [0.15, 0.2) is 11.2 Å². The van der Waals surface area contributed by atoms with Crippen molar-refractivity contribution in [1.82, 2.24) is 0 Å². The number of hydrogen-bond donors (Lipinski definition) is 0. The van der Waals surface area contributed by atoms with Crippen LogP contribution in [-0.2, 0) is 0 Å². The van der Waals surface area contributed by atoms with E-state index in [9.17, 15) is 0 Å². The molecule has 2 heterocycles. The summed E-state index contributed by atoms with van der Waals surface area (Å²) >= 11 is 0. The van der Waals surface area contributed by atoms with Gasteiger partial charge < -0.3 is 13.7 Å². The van der Waals surface area contributed by atoms with Gasteiger partial charge in [-0.25, -0.2) is 0 Å². The first-order valence-electron chi connectivity index (χ1n) is 20.1. The highest BCUT2D eigenvalue weighted by atomic mass is 16.4. The molecule has 0 saturated carbocycles. The van der Waals surface area contributed by atoms with E-state index in [0.717, 1.165) is 77.1 Å². The summed E-state index contributed by atoms with van der Waals surface area (Å²) < 4.78 is 13.5. The Hall–Kier alpha value is -7.10. The standard InChI is InChI=1S/C55H41NO2/c1-33-5-13-37(14-6-33)53(38-15-7-34(2)8-16-38)41-18-17-39-29-49-47-25-26-48-50-30-40-19-24-46(56(44-20-9-35(3)10-21-44)45-22-11-36(4)12-23-45)28-43(40)32-52(50)58-55(48)54(47)57-51(49)31-42(39)27-41/h5-32,53H,1-4H3. The summed E-state index contributed by atoms with van der Waals surface area (Å²) in [5.41, 5.74) is 15.4. The minimum atomic E-state index is 0.118. The topological polar surface area (TPSA) is 29.5 Å². The monoisotopic (exact) mass is 747 g/mol. The van der Waals surface area contributed by atoms with E-state index < -0.39 is 0 Å². The first-order chi connectivity index (χ1) is 28.3. The van der Waals surface area contributed by atoms with Gasteiger partial charge in [0, 0.05) is 44.5 Å². The predicted octanol–water partition coefficient (Wildman–Crippen LogP) is 15.7. The van der Waals surface area contributed by atoms with E-state index in [1.807, 2.05) is 0 Å². The third-order valence-electron chi connectivity index (χ3n) is 12.0. The number of benzene rings is 9. The summed E-state index contributed by atoms with van der Waals surface area (Å²) in [6.45, 7) is 8.54. The Morgan fingerprint density at radius 1 is 0.328 bits per heavy atom. The van der Waals surface area contributed by atoms with Crippen molar-refractivity contribution < 1.29 is 8.83 Å². The number of furan rings is 2. The van der Waals surface area contributed by atoms with Crippen molar-refractivity contribution in [3.05, 3.63) is 209 Å². The number of fused-ring (bicyclic) bond motifs is 9. The normalized spacial score (nSPS) is 11.9. The van der Waals surface area contributed by atoms with Crippen molar-refractivity contribution in [2.24, 2.45) is 0 Å². The lowest BCUT2D eigenvalue weighted by atomic mass is 9.84. The van der Waals surface area contributed by atoms with E-state index in [2.05, 4.69) is 202 Å². The summed E-state index contributed by atoms with van der Waals surface area (Å²) in [6.07, 6.45) is 0. The van der Waals surface area contributed by atoms with Gasteiger partial charge in [0.25, 0.3) is 0 Å². The van der Waals surface area contributed by atoms with Crippen molar-refractivity contribution in [2.75, 3.05) is 4.90 Å². The average molecular weight is 748 g/mol. The van der Waals surface area contributed by atoms with Gasteiger partial charge in [-0.2, -0.15) is 0 Å². The van der Waals surface area contributed by atoms with E-state index in [1.54, 1.807) is 0 Å². The van der Waals surface area contributed by atoms with Gasteiger partial charge in [-0.05, 0) is 139 Å². The lowest BCUT2D eigenvalue weighted by Gasteiger charge is -2.26. The van der Waals surface area contributed by atoms with Crippen molar-refractivity contribution >= 4 is 82.5 Å². The molecule has 0 radical (unpaired) electrons. The quantitative estimate of drug-likeness (QED) is 0.159. The zero-order valence-electron chi connectivity index (χ0n) is 33.0. The van der Waals surface area contributed by atoms with Crippen LogP contribution in [-0.4, -0.2) is 0 Å². The molecule has 3 heteroatoms. The van der Waals surface area contributed by atoms with Gasteiger partial charge in [-0.15, -0.1) is 0 Å². The first kappa shape index (κ1) is 34.2. The molecule has 58 heavy (non-hydrogen) atoms. The maximum absolute atomic E-state index is 6.76. The molecule has 11 rings (SSSR count). The maximum Gasteiger partial charge on any atom is 0.178 e. The lowest BCUT2D eigenvalue weighted by Crippen LogP contribution is -2.09. The zero-order chi connectivity index (χ0) is 39.1. The molecule has 2 aromatic heterocycles. The summed E-state index contributed by atoms with van der Waals surface area (Å²) in [5, 5.41) is 8.90. The molecule has 0 aliphatic rings. The molecular weight excluding hydrogens is 707 g/mol. The number of anilines is 3. The minimum absolute atomic E-state index is 0.118. The Balaban J connectivity index is 1.02. The highest BCUT2D eigenvalue weighted by Gasteiger charge is 2.21. The molecule has 0 bridgehead atoms. The van der Waals surface area contributed by atoms with Crippen LogP contribution in [0.15, 0.2) is 179 Å². The van der Waals surface area contributed by atoms with Crippen LogP contribution in [0.1, 0.15) is 44.9 Å². The van der Waals surface area contributed by atoms with E-state index in [4.69, 9.17) is 8.83 Å². The summed E-state index contributed by atoms with van der Waals surface area (Å²) in [7, 11) is 0. The Morgan fingerprint density at radius 2 is 0.724 bits per heavy atom. The van der Waals surface area contributed by atoms with E-state index in [1.165, 1.54) is 44.3 Å². The van der Waals surface area contributed by atoms with E-state index >= 15 is 0 Å². The SMILES string of the molecule is Cc1ccc(C(c2ccc(C)cc2)c2ccc3cc4c(cc3c2)oc2c4ccc3c4cc5ccc(N(c6ccc(C)cc6)c6ccc(C)cc6)cc5cc4oc32)cc1. The Morgan fingerprint density at radius 3 is 1.21 bits per heavy atom. The Kier molecular flexibility index (Phi) is 7.81. The fourth-order valence-corrected chi connectivity index (χ4v) is 8.81. The maximum atomic E-state index is 6.76. The molecule has 278 valence electrons. The summed E-state index contributed by atoms with van der Waals surface area (Å²) in [4.78, 5) is 2.32. The predicted molar refractivity (Wildman–Crippen MR) is 243 cm³/mol. The molecule has 0 fully saturated rings. The fourth-order valence-electron chi connectivity index (χ4n) is 8.81. The molecule has 0 saturated heterocycles. The lowest BCUT2D eigenvalue weighted by molar-refractivity contribution is 0.634. The van der Waals surface area contributed by atoms with Crippen LogP contribution in [0.2, 0.25) is 0 Å². The average Bonchev–Trinajstić information content (AvgIpc) is 3.79. The molecule has 0 amide bonds. The summed E-state index contributed by atoms with van der Waals surface area (Å²) in [6, 6.07) is 62.2. The third kappa shape index (κ3) is 5.73. The van der Waals surface area contributed by atoms with E-state index in [0.29, 0.717) is 0 Å². The van der Waals surface area contributed by atoms with Gasteiger partial charge in [0.05, 0.1) is 0 Å². The van der Waals surface area contributed by atoms with Gasteiger partial charge >= 0.3 is 0 Å². The molecule has 9 aromatic carbocycles. The molecule has 3 nitrogen and oxygen atoms in total. The van der Waals surface area contributed by atoms with Crippen LogP contribution < -0.4 is 4.90 Å². The second kappa shape index (κ2) is 13.2. The fraction of sp³-hybridized carbons (Fsp3) is 0.0909. The smallest absolute Gasteiger partial charge is 0.178 e. The van der Waals surface area contributed by atoms with Crippen LogP contribution in [0.3, 0.4) is 0 Å². The Labute approximate surface area is 337 Å². The van der Waals surface area contributed by atoms with Crippen LogP contribution >= 0.6 is 0 Å². The van der Waals surface area contributed by atoms with Crippen LogP contribution in [0.5, 0.6) is 0 Å². The minimum Gasteiger partial charge on any atom is -0.452 e. The zero-order valence-corrected chi connectivity index (χ0v) is 33.0. The number of aryl methyl sites for hydroxylation is 4. The first-order valence-corrected chi connectivity index (χ1v) is 20.1.